The molecule has 0 unspecified atom stereocenters. The van der Waals surface area contributed by atoms with E-state index in [9.17, 15) is 8.42 Å². The first-order valence-electron chi connectivity index (χ1n) is 6.24. The molecule has 1 aliphatic rings. The number of hydrogen-bond donors (Lipinski definition) is 1. The van der Waals surface area contributed by atoms with Crippen molar-refractivity contribution >= 4 is 15.7 Å². The van der Waals surface area contributed by atoms with Gasteiger partial charge in [0.1, 0.15) is 11.8 Å². The fourth-order valence-corrected chi connectivity index (χ4v) is 3.82. The Bertz CT molecular complexity index is 572. The lowest BCUT2D eigenvalue weighted by Crippen LogP contribution is -2.25. The van der Waals surface area contributed by atoms with Gasteiger partial charge in [-0.3, -0.25) is 4.72 Å². The molecule has 6 heteroatoms. The van der Waals surface area contributed by atoms with Crippen molar-refractivity contribution in [3.8, 4) is 11.8 Å². The van der Waals surface area contributed by atoms with Crippen molar-refractivity contribution < 1.29 is 13.2 Å². The molecule has 0 saturated heterocycles. The van der Waals surface area contributed by atoms with E-state index in [0.29, 0.717) is 24.3 Å². The molecule has 0 aromatic heterocycles. The molecule has 2 rings (SSSR count). The van der Waals surface area contributed by atoms with Crippen molar-refractivity contribution in [1.29, 1.82) is 5.26 Å². The Labute approximate surface area is 113 Å². The number of nitrogens with zero attached hydrogens (tertiary/aromatic N) is 1. The van der Waals surface area contributed by atoms with E-state index in [4.69, 9.17) is 10.00 Å². The van der Waals surface area contributed by atoms with Crippen LogP contribution >= 0.6 is 0 Å². The van der Waals surface area contributed by atoms with Crippen LogP contribution in [-0.2, 0) is 10.0 Å². The van der Waals surface area contributed by atoms with Gasteiger partial charge >= 0.3 is 0 Å². The normalized spacial score (nSPS) is 15.9. The third kappa shape index (κ3) is 3.38. The van der Waals surface area contributed by atoms with E-state index in [1.807, 2.05) is 6.07 Å². The average Bonchev–Trinajstić information content (AvgIpc) is 2.92. The number of para-hydroxylation sites is 2. The zero-order valence-electron chi connectivity index (χ0n) is 10.5. The van der Waals surface area contributed by atoms with Gasteiger partial charge in [0.15, 0.2) is 6.61 Å². The van der Waals surface area contributed by atoms with Gasteiger partial charge in [0.25, 0.3) is 0 Å². The van der Waals surface area contributed by atoms with Crippen LogP contribution in [0, 0.1) is 11.3 Å². The summed E-state index contributed by atoms with van der Waals surface area (Å²) in [6, 6.07) is 8.61. The van der Waals surface area contributed by atoms with Crippen molar-refractivity contribution in [2.45, 2.75) is 30.9 Å². The van der Waals surface area contributed by atoms with Crippen LogP contribution in [0.25, 0.3) is 0 Å². The number of rotatable bonds is 5. The van der Waals surface area contributed by atoms with E-state index in [1.165, 1.54) is 0 Å². The Morgan fingerprint density at radius 1 is 1.32 bits per heavy atom. The number of sulfonamides is 1. The van der Waals surface area contributed by atoms with Crippen LogP contribution in [0.3, 0.4) is 0 Å². The first-order chi connectivity index (χ1) is 9.13. The Hall–Kier alpha value is -1.74. The summed E-state index contributed by atoms with van der Waals surface area (Å²) in [6.07, 6.45) is 3.32. The standard InChI is InChI=1S/C13H16N2O3S/c14-9-10-18-13-8-4-3-7-12(13)15-19(16,17)11-5-1-2-6-11/h3-4,7-8,11,15H,1-2,5-6,10H2. The van der Waals surface area contributed by atoms with Crippen molar-refractivity contribution in [1.82, 2.24) is 0 Å². The van der Waals surface area contributed by atoms with E-state index in [2.05, 4.69) is 4.72 Å². The maximum Gasteiger partial charge on any atom is 0.235 e. The topological polar surface area (TPSA) is 79.2 Å². The molecule has 102 valence electrons. The molecule has 1 fully saturated rings. The van der Waals surface area contributed by atoms with Crippen LogP contribution in [-0.4, -0.2) is 20.3 Å². The third-order valence-electron chi connectivity index (χ3n) is 3.17. The molecule has 0 aliphatic heterocycles. The van der Waals surface area contributed by atoms with Gasteiger partial charge in [-0.2, -0.15) is 5.26 Å². The van der Waals surface area contributed by atoms with Gasteiger partial charge in [-0.15, -0.1) is 0 Å². The van der Waals surface area contributed by atoms with Gasteiger partial charge < -0.3 is 4.74 Å². The van der Waals surface area contributed by atoms with Gasteiger partial charge in [0.05, 0.1) is 10.9 Å². The Kier molecular flexibility index (Phi) is 4.27. The SMILES string of the molecule is N#CCOc1ccccc1NS(=O)(=O)C1CCCC1. The second-order valence-corrected chi connectivity index (χ2v) is 6.46. The predicted molar refractivity (Wildman–Crippen MR) is 72.3 cm³/mol. The Morgan fingerprint density at radius 2 is 2.00 bits per heavy atom. The highest BCUT2D eigenvalue weighted by Gasteiger charge is 2.29. The summed E-state index contributed by atoms with van der Waals surface area (Å²) in [4.78, 5) is 0. The van der Waals surface area contributed by atoms with Crippen molar-refractivity contribution in [2.24, 2.45) is 0 Å². The third-order valence-corrected chi connectivity index (χ3v) is 5.03. The molecule has 1 aromatic rings. The minimum absolute atomic E-state index is 0.109. The van der Waals surface area contributed by atoms with E-state index in [0.717, 1.165) is 12.8 Å². The molecule has 19 heavy (non-hydrogen) atoms. The van der Waals surface area contributed by atoms with E-state index < -0.39 is 10.0 Å². The molecule has 0 spiro atoms. The first kappa shape index (κ1) is 13.7. The number of ether oxygens (including phenoxy) is 1. The molecule has 0 radical (unpaired) electrons. The summed E-state index contributed by atoms with van der Waals surface area (Å²) in [6.45, 7) is -0.109. The molecule has 1 aromatic carbocycles. The van der Waals surface area contributed by atoms with Crippen LogP contribution in [0.5, 0.6) is 5.75 Å². The second-order valence-electron chi connectivity index (χ2n) is 4.50. The van der Waals surface area contributed by atoms with E-state index in [-0.39, 0.29) is 11.9 Å². The molecule has 0 amide bonds. The number of nitriles is 1. The molecular weight excluding hydrogens is 264 g/mol. The number of anilines is 1. The summed E-state index contributed by atoms with van der Waals surface area (Å²) in [5, 5.41) is 8.19. The quantitative estimate of drug-likeness (QED) is 0.897. The molecule has 1 aliphatic carbocycles. The van der Waals surface area contributed by atoms with Crippen molar-refractivity contribution in [3.63, 3.8) is 0 Å². The lowest BCUT2D eigenvalue weighted by molar-refractivity contribution is 0.370. The van der Waals surface area contributed by atoms with Gasteiger partial charge in [0, 0.05) is 0 Å². The molecule has 0 atom stereocenters. The average molecular weight is 280 g/mol. The summed E-state index contributed by atoms with van der Waals surface area (Å²) in [5.74, 6) is 0.380. The number of nitrogens with one attached hydrogen (secondary N) is 1. The van der Waals surface area contributed by atoms with E-state index >= 15 is 0 Å². The van der Waals surface area contributed by atoms with Crippen molar-refractivity contribution in [2.75, 3.05) is 11.3 Å². The van der Waals surface area contributed by atoms with Crippen LogP contribution < -0.4 is 9.46 Å². The van der Waals surface area contributed by atoms with Crippen molar-refractivity contribution in [3.05, 3.63) is 24.3 Å². The summed E-state index contributed by atoms with van der Waals surface area (Å²) < 4.78 is 32.2. The summed E-state index contributed by atoms with van der Waals surface area (Å²) in [5.41, 5.74) is 0.393. The monoisotopic (exact) mass is 280 g/mol. The number of benzene rings is 1. The minimum atomic E-state index is -3.37. The summed E-state index contributed by atoms with van der Waals surface area (Å²) >= 11 is 0. The maximum absolute atomic E-state index is 12.2. The first-order valence-corrected chi connectivity index (χ1v) is 7.78. The summed E-state index contributed by atoms with van der Waals surface area (Å²) in [7, 11) is -3.37. The van der Waals surface area contributed by atoms with Crippen LogP contribution in [0.1, 0.15) is 25.7 Å². The minimum Gasteiger partial charge on any atom is -0.477 e. The fraction of sp³-hybridized carbons (Fsp3) is 0.462. The lowest BCUT2D eigenvalue weighted by atomic mass is 10.3. The molecular formula is C13H16N2O3S. The Balaban J connectivity index is 2.16. The number of hydrogen-bond acceptors (Lipinski definition) is 4. The maximum atomic E-state index is 12.2. The van der Waals surface area contributed by atoms with Crippen LogP contribution in [0.15, 0.2) is 24.3 Å². The highest BCUT2D eigenvalue weighted by atomic mass is 32.2. The molecule has 1 N–H and O–H groups in total. The smallest absolute Gasteiger partial charge is 0.235 e. The second kappa shape index (κ2) is 5.93. The fourth-order valence-electron chi connectivity index (χ4n) is 2.22. The molecule has 1 saturated carbocycles. The zero-order chi connectivity index (χ0) is 13.7. The zero-order valence-corrected chi connectivity index (χ0v) is 11.3. The highest BCUT2D eigenvalue weighted by molar-refractivity contribution is 7.93. The van der Waals surface area contributed by atoms with Gasteiger partial charge in [-0.25, -0.2) is 8.42 Å². The largest absolute Gasteiger partial charge is 0.477 e. The Morgan fingerprint density at radius 3 is 2.68 bits per heavy atom. The van der Waals surface area contributed by atoms with Gasteiger partial charge in [-0.1, -0.05) is 25.0 Å². The highest BCUT2D eigenvalue weighted by Crippen LogP contribution is 2.29. The molecule has 0 bridgehead atoms. The van der Waals surface area contributed by atoms with Crippen LogP contribution in [0.2, 0.25) is 0 Å². The van der Waals surface area contributed by atoms with E-state index in [1.54, 1.807) is 24.3 Å². The lowest BCUT2D eigenvalue weighted by Gasteiger charge is -2.15. The van der Waals surface area contributed by atoms with Crippen LogP contribution in [0.4, 0.5) is 5.69 Å². The molecule has 5 nitrogen and oxygen atoms in total. The molecule has 0 heterocycles. The predicted octanol–water partition coefficient (Wildman–Crippen LogP) is 2.27. The van der Waals surface area contributed by atoms with Gasteiger partial charge in [-0.05, 0) is 25.0 Å². The van der Waals surface area contributed by atoms with Gasteiger partial charge in [0.2, 0.25) is 10.0 Å².